The largest absolute Gasteiger partial charge is 0.460 e. The van der Waals surface area contributed by atoms with Gasteiger partial charge in [-0.1, -0.05) is 13.8 Å². The standard InChI is InChI=1S/C11H15Cl2N3O/c1-6-3-4-8(5-7(6)2)17-11-15-9(12)14-10(13)16-11/h6-8H,3-5H2,1-2H3. The zero-order chi connectivity index (χ0) is 12.4. The van der Waals surface area contributed by atoms with Crippen LogP contribution in [0.3, 0.4) is 0 Å². The summed E-state index contributed by atoms with van der Waals surface area (Å²) < 4.78 is 5.70. The number of ether oxygens (including phenoxy) is 1. The van der Waals surface area contributed by atoms with E-state index in [1.165, 1.54) is 6.42 Å². The van der Waals surface area contributed by atoms with Crippen molar-refractivity contribution in [3.8, 4) is 6.01 Å². The second kappa shape index (κ2) is 5.36. The Morgan fingerprint density at radius 1 is 1.00 bits per heavy atom. The van der Waals surface area contributed by atoms with Crippen LogP contribution in [-0.4, -0.2) is 21.1 Å². The van der Waals surface area contributed by atoms with Crippen molar-refractivity contribution in [2.24, 2.45) is 11.8 Å². The number of hydrogen-bond donors (Lipinski definition) is 0. The second-order valence-electron chi connectivity index (χ2n) is 4.66. The van der Waals surface area contributed by atoms with E-state index in [0.29, 0.717) is 5.92 Å². The van der Waals surface area contributed by atoms with E-state index >= 15 is 0 Å². The van der Waals surface area contributed by atoms with E-state index in [1.54, 1.807) is 0 Å². The van der Waals surface area contributed by atoms with Gasteiger partial charge < -0.3 is 4.74 Å². The van der Waals surface area contributed by atoms with Gasteiger partial charge in [0, 0.05) is 0 Å². The summed E-state index contributed by atoms with van der Waals surface area (Å²) in [5.74, 6) is 1.40. The van der Waals surface area contributed by atoms with E-state index < -0.39 is 0 Å². The molecule has 94 valence electrons. The van der Waals surface area contributed by atoms with Crippen molar-refractivity contribution >= 4 is 23.2 Å². The first-order chi connectivity index (χ1) is 8.04. The van der Waals surface area contributed by atoms with Gasteiger partial charge in [0.15, 0.2) is 0 Å². The van der Waals surface area contributed by atoms with Gasteiger partial charge in [0.25, 0.3) is 0 Å². The molecule has 1 saturated carbocycles. The minimum Gasteiger partial charge on any atom is -0.460 e. The first-order valence-electron chi connectivity index (χ1n) is 5.78. The molecule has 0 saturated heterocycles. The van der Waals surface area contributed by atoms with Crippen LogP contribution in [0.15, 0.2) is 0 Å². The molecule has 1 aliphatic rings. The highest BCUT2D eigenvalue weighted by Gasteiger charge is 2.26. The predicted octanol–water partition coefficient (Wildman–Crippen LogP) is 3.38. The number of aromatic nitrogens is 3. The average Bonchev–Trinajstić information content (AvgIpc) is 2.22. The maximum absolute atomic E-state index is 5.70. The van der Waals surface area contributed by atoms with Crippen LogP contribution < -0.4 is 4.74 Å². The van der Waals surface area contributed by atoms with E-state index in [4.69, 9.17) is 27.9 Å². The Morgan fingerprint density at radius 2 is 1.65 bits per heavy atom. The number of rotatable bonds is 2. The molecule has 2 rings (SSSR count). The second-order valence-corrected chi connectivity index (χ2v) is 5.34. The fourth-order valence-corrected chi connectivity index (χ4v) is 2.46. The van der Waals surface area contributed by atoms with Crippen molar-refractivity contribution in [2.45, 2.75) is 39.2 Å². The first-order valence-corrected chi connectivity index (χ1v) is 6.54. The molecule has 1 aromatic rings. The topological polar surface area (TPSA) is 47.9 Å². The molecular formula is C11H15Cl2N3O. The lowest BCUT2D eigenvalue weighted by Crippen LogP contribution is -2.29. The maximum Gasteiger partial charge on any atom is 0.322 e. The molecule has 0 amide bonds. The van der Waals surface area contributed by atoms with Crippen molar-refractivity contribution in [1.29, 1.82) is 0 Å². The third-order valence-electron chi connectivity index (χ3n) is 3.38. The zero-order valence-electron chi connectivity index (χ0n) is 9.86. The van der Waals surface area contributed by atoms with Crippen molar-refractivity contribution in [1.82, 2.24) is 15.0 Å². The van der Waals surface area contributed by atoms with Crippen LogP contribution >= 0.6 is 23.2 Å². The molecule has 6 heteroatoms. The summed E-state index contributed by atoms with van der Waals surface area (Å²) in [6.07, 6.45) is 3.35. The molecule has 1 aliphatic carbocycles. The summed E-state index contributed by atoms with van der Waals surface area (Å²) >= 11 is 11.4. The quantitative estimate of drug-likeness (QED) is 0.830. The van der Waals surface area contributed by atoms with Gasteiger partial charge in [0.05, 0.1) is 0 Å². The summed E-state index contributed by atoms with van der Waals surface area (Å²) in [4.78, 5) is 11.5. The van der Waals surface area contributed by atoms with Gasteiger partial charge >= 0.3 is 6.01 Å². The summed E-state index contributed by atoms with van der Waals surface area (Å²) in [5, 5.41) is 0.134. The van der Waals surface area contributed by atoms with Crippen LogP contribution in [0.5, 0.6) is 6.01 Å². The predicted molar refractivity (Wildman–Crippen MR) is 66.4 cm³/mol. The van der Waals surface area contributed by atoms with Gasteiger partial charge in [-0.05, 0) is 54.3 Å². The monoisotopic (exact) mass is 275 g/mol. The van der Waals surface area contributed by atoms with Gasteiger partial charge in [-0.15, -0.1) is 0 Å². The molecule has 0 radical (unpaired) electrons. The minimum absolute atomic E-state index is 0.0669. The van der Waals surface area contributed by atoms with Crippen LogP contribution in [0.2, 0.25) is 10.6 Å². The van der Waals surface area contributed by atoms with Crippen molar-refractivity contribution in [2.75, 3.05) is 0 Å². The Morgan fingerprint density at radius 3 is 2.24 bits per heavy atom. The third-order valence-corrected chi connectivity index (χ3v) is 3.72. The van der Waals surface area contributed by atoms with Crippen molar-refractivity contribution in [3.05, 3.63) is 10.6 Å². The van der Waals surface area contributed by atoms with Gasteiger partial charge in [0.1, 0.15) is 6.10 Å². The molecule has 3 unspecified atom stereocenters. The first kappa shape index (κ1) is 12.8. The molecule has 4 nitrogen and oxygen atoms in total. The van der Waals surface area contributed by atoms with Gasteiger partial charge in [0.2, 0.25) is 10.6 Å². The Kier molecular flexibility index (Phi) is 4.05. The Hall–Kier alpha value is -0.610. The molecule has 3 atom stereocenters. The number of nitrogens with zero attached hydrogens (tertiary/aromatic N) is 3. The highest BCUT2D eigenvalue weighted by atomic mass is 35.5. The smallest absolute Gasteiger partial charge is 0.322 e. The molecular weight excluding hydrogens is 261 g/mol. The summed E-state index contributed by atoms with van der Waals surface area (Å²) in [7, 11) is 0. The van der Waals surface area contributed by atoms with E-state index in [2.05, 4.69) is 28.8 Å². The molecule has 1 heterocycles. The minimum atomic E-state index is 0.0669. The summed E-state index contributed by atoms with van der Waals surface area (Å²) in [5.41, 5.74) is 0. The fourth-order valence-electron chi connectivity index (χ4n) is 2.12. The highest BCUT2D eigenvalue weighted by molar-refractivity contribution is 6.31. The SMILES string of the molecule is CC1CCC(Oc2nc(Cl)nc(Cl)n2)CC1C. The molecule has 0 N–H and O–H groups in total. The van der Waals surface area contributed by atoms with Gasteiger partial charge in [-0.3, -0.25) is 0 Å². The number of hydrogen-bond acceptors (Lipinski definition) is 4. The molecule has 1 fully saturated rings. The van der Waals surface area contributed by atoms with E-state index in [9.17, 15) is 0 Å². The summed E-state index contributed by atoms with van der Waals surface area (Å²) in [6.45, 7) is 4.52. The van der Waals surface area contributed by atoms with Gasteiger partial charge in [-0.25, -0.2) is 0 Å². The Bertz CT molecular complexity index is 382. The lowest BCUT2D eigenvalue weighted by Gasteiger charge is -2.31. The van der Waals surface area contributed by atoms with Crippen molar-refractivity contribution in [3.63, 3.8) is 0 Å². The maximum atomic E-state index is 5.70. The lowest BCUT2D eigenvalue weighted by molar-refractivity contribution is 0.0917. The summed E-state index contributed by atoms with van der Waals surface area (Å²) in [6, 6.07) is 0.224. The van der Waals surface area contributed by atoms with Gasteiger partial charge in [-0.2, -0.15) is 15.0 Å². The molecule has 0 spiro atoms. The third kappa shape index (κ3) is 3.42. The van der Waals surface area contributed by atoms with E-state index in [0.717, 1.165) is 18.8 Å². The molecule has 0 aliphatic heterocycles. The van der Waals surface area contributed by atoms with E-state index in [1.807, 2.05) is 0 Å². The van der Waals surface area contributed by atoms with Crippen molar-refractivity contribution < 1.29 is 4.74 Å². The molecule has 0 bridgehead atoms. The fraction of sp³-hybridized carbons (Fsp3) is 0.727. The molecule has 1 aromatic heterocycles. The average molecular weight is 276 g/mol. The highest BCUT2D eigenvalue weighted by Crippen LogP contribution is 2.31. The lowest BCUT2D eigenvalue weighted by atomic mass is 9.80. The molecule has 17 heavy (non-hydrogen) atoms. The number of halogens is 2. The van der Waals surface area contributed by atoms with E-state index in [-0.39, 0.29) is 22.7 Å². The van der Waals surface area contributed by atoms with Crippen LogP contribution in [0.1, 0.15) is 33.1 Å². The Balaban J connectivity index is 2.01. The Labute approximate surface area is 111 Å². The van der Waals surface area contributed by atoms with Crippen LogP contribution in [0.4, 0.5) is 0 Å². The zero-order valence-corrected chi connectivity index (χ0v) is 11.4. The normalized spacial score (nSPS) is 29.1. The van der Waals surface area contributed by atoms with Crippen LogP contribution in [0, 0.1) is 11.8 Å². The molecule has 0 aromatic carbocycles. The van der Waals surface area contributed by atoms with Crippen LogP contribution in [-0.2, 0) is 0 Å². The van der Waals surface area contributed by atoms with Crippen LogP contribution in [0.25, 0.3) is 0 Å².